The highest BCUT2D eigenvalue weighted by atomic mass is 35.5. The molecule has 4 nitrogen and oxygen atoms in total. The van der Waals surface area contributed by atoms with Crippen LogP contribution >= 0.6 is 23.7 Å². The Labute approximate surface area is 128 Å². The summed E-state index contributed by atoms with van der Waals surface area (Å²) in [6, 6.07) is 10.1. The molecule has 6 heteroatoms. The van der Waals surface area contributed by atoms with Crippen molar-refractivity contribution >= 4 is 34.8 Å². The molecule has 0 unspecified atom stereocenters. The van der Waals surface area contributed by atoms with Crippen LogP contribution in [0.25, 0.3) is 0 Å². The minimum Gasteiger partial charge on any atom is -0.462 e. The third kappa shape index (κ3) is 4.21. The Morgan fingerprint density at radius 3 is 2.70 bits per heavy atom. The van der Waals surface area contributed by atoms with Crippen LogP contribution in [0, 0.1) is 6.92 Å². The summed E-state index contributed by atoms with van der Waals surface area (Å²) in [4.78, 5) is 16.6. The standard InChI is InChI=1S/C14H16N2O2S.ClH/c1-3-18-13(17)12-10(2)16-14(19-12)15-9-11-7-5-4-6-8-11;/h4-8H,3,9H2,1-2H3,(H,15,16);1H. The molecule has 0 spiro atoms. The number of nitrogens with zero attached hydrogens (tertiary/aromatic N) is 1. The largest absolute Gasteiger partial charge is 0.462 e. The monoisotopic (exact) mass is 312 g/mol. The SMILES string of the molecule is CCOC(=O)c1sc(NCc2ccccc2)nc1C.Cl. The Balaban J connectivity index is 0.00000200. The van der Waals surface area contributed by atoms with E-state index in [2.05, 4.69) is 10.3 Å². The van der Waals surface area contributed by atoms with Crippen LogP contribution in [0.2, 0.25) is 0 Å². The summed E-state index contributed by atoms with van der Waals surface area (Å²) in [7, 11) is 0. The fourth-order valence-corrected chi connectivity index (χ4v) is 2.49. The summed E-state index contributed by atoms with van der Waals surface area (Å²) in [6.07, 6.45) is 0. The van der Waals surface area contributed by atoms with Gasteiger partial charge in [-0.25, -0.2) is 9.78 Å². The minimum absolute atomic E-state index is 0. The van der Waals surface area contributed by atoms with Crippen molar-refractivity contribution in [2.24, 2.45) is 0 Å². The van der Waals surface area contributed by atoms with Crippen LogP contribution in [0.4, 0.5) is 5.13 Å². The molecule has 0 radical (unpaired) electrons. The van der Waals surface area contributed by atoms with E-state index in [4.69, 9.17) is 4.74 Å². The number of thiazole rings is 1. The third-order valence-electron chi connectivity index (χ3n) is 2.54. The molecule has 1 N–H and O–H groups in total. The van der Waals surface area contributed by atoms with Crippen LogP contribution in [-0.4, -0.2) is 17.6 Å². The van der Waals surface area contributed by atoms with E-state index in [0.717, 1.165) is 5.13 Å². The normalized spacial score (nSPS) is 9.70. The van der Waals surface area contributed by atoms with E-state index in [9.17, 15) is 4.79 Å². The number of nitrogens with one attached hydrogen (secondary N) is 1. The van der Waals surface area contributed by atoms with Gasteiger partial charge in [-0.3, -0.25) is 0 Å². The lowest BCUT2D eigenvalue weighted by molar-refractivity contribution is 0.0531. The van der Waals surface area contributed by atoms with Crippen LogP contribution in [0.1, 0.15) is 27.9 Å². The predicted octanol–water partition coefficient (Wildman–Crippen LogP) is 3.66. The molecule has 2 aromatic rings. The Hall–Kier alpha value is -1.59. The predicted molar refractivity (Wildman–Crippen MR) is 83.8 cm³/mol. The molecule has 1 aromatic carbocycles. The van der Waals surface area contributed by atoms with Gasteiger partial charge in [0.25, 0.3) is 0 Å². The highest BCUT2D eigenvalue weighted by Crippen LogP contribution is 2.23. The summed E-state index contributed by atoms with van der Waals surface area (Å²) >= 11 is 1.33. The average molecular weight is 313 g/mol. The molecule has 0 bridgehead atoms. The van der Waals surface area contributed by atoms with Gasteiger partial charge in [-0.15, -0.1) is 12.4 Å². The minimum atomic E-state index is -0.301. The summed E-state index contributed by atoms with van der Waals surface area (Å²) in [5, 5.41) is 3.96. The van der Waals surface area contributed by atoms with Crippen LogP contribution < -0.4 is 5.32 Å². The number of anilines is 1. The van der Waals surface area contributed by atoms with Crippen molar-refractivity contribution in [3.63, 3.8) is 0 Å². The number of hydrogen-bond acceptors (Lipinski definition) is 5. The topological polar surface area (TPSA) is 51.2 Å². The number of aromatic nitrogens is 1. The molecule has 1 aromatic heterocycles. The van der Waals surface area contributed by atoms with Gasteiger partial charge in [0.15, 0.2) is 5.13 Å². The van der Waals surface area contributed by atoms with Gasteiger partial charge in [-0.1, -0.05) is 41.7 Å². The molecule has 0 aliphatic heterocycles. The van der Waals surface area contributed by atoms with Crippen molar-refractivity contribution in [2.75, 3.05) is 11.9 Å². The molecule has 0 aliphatic carbocycles. The van der Waals surface area contributed by atoms with Gasteiger partial charge >= 0.3 is 5.97 Å². The number of rotatable bonds is 5. The first-order chi connectivity index (χ1) is 9.20. The number of benzene rings is 1. The van der Waals surface area contributed by atoms with Crippen LogP contribution in [0.5, 0.6) is 0 Å². The Morgan fingerprint density at radius 2 is 2.05 bits per heavy atom. The molecular formula is C14H17ClN2O2S. The molecule has 0 saturated carbocycles. The maximum Gasteiger partial charge on any atom is 0.350 e. The fourth-order valence-electron chi connectivity index (χ4n) is 1.63. The summed E-state index contributed by atoms with van der Waals surface area (Å²) in [5.74, 6) is -0.301. The number of carbonyl (C=O) groups excluding carboxylic acids is 1. The van der Waals surface area contributed by atoms with Gasteiger partial charge in [-0.05, 0) is 19.4 Å². The number of ether oxygens (including phenoxy) is 1. The van der Waals surface area contributed by atoms with Crippen LogP contribution in [-0.2, 0) is 11.3 Å². The van der Waals surface area contributed by atoms with E-state index in [1.54, 1.807) is 6.92 Å². The van der Waals surface area contributed by atoms with E-state index >= 15 is 0 Å². The second-order valence-electron chi connectivity index (χ2n) is 3.99. The number of halogens is 1. The smallest absolute Gasteiger partial charge is 0.350 e. The maximum absolute atomic E-state index is 11.7. The quantitative estimate of drug-likeness (QED) is 0.856. The van der Waals surface area contributed by atoms with Gasteiger partial charge in [-0.2, -0.15) is 0 Å². The number of esters is 1. The van der Waals surface area contributed by atoms with Crippen molar-refractivity contribution in [1.29, 1.82) is 0 Å². The molecule has 0 fully saturated rings. The Morgan fingerprint density at radius 1 is 1.35 bits per heavy atom. The first kappa shape index (κ1) is 16.5. The lowest BCUT2D eigenvalue weighted by Crippen LogP contribution is -2.03. The second-order valence-corrected chi connectivity index (χ2v) is 4.99. The second kappa shape index (κ2) is 7.87. The van der Waals surface area contributed by atoms with Crippen LogP contribution in [0.3, 0.4) is 0 Å². The summed E-state index contributed by atoms with van der Waals surface area (Å²) in [5.41, 5.74) is 1.88. The zero-order valence-corrected chi connectivity index (χ0v) is 13.0. The molecule has 0 saturated heterocycles. The molecule has 0 amide bonds. The molecule has 1 heterocycles. The lowest BCUT2D eigenvalue weighted by Gasteiger charge is -2.01. The zero-order valence-electron chi connectivity index (χ0n) is 11.4. The highest BCUT2D eigenvalue weighted by molar-refractivity contribution is 7.17. The van der Waals surface area contributed by atoms with E-state index in [1.165, 1.54) is 16.9 Å². The summed E-state index contributed by atoms with van der Waals surface area (Å²) in [6.45, 7) is 4.68. The Bertz CT molecular complexity index is 558. The van der Waals surface area contributed by atoms with E-state index in [0.29, 0.717) is 23.7 Å². The van der Waals surface area contributed by atoms with Crippen molar-refractivity contribution in [3.05, 3.63) is 46.5 Å². The van der Waals surface area contributed by atoms with Crippen molar-refractivity contribution in [3.8, 4) is 0 Å². The number of aryl methyl sites for hydroxylation is 1. The van der Waals surface area contributed by atoms with Crippen molar-refractivity contribution in [1.82, 2.24) is 4.98 Å². The van der Waals surface area contributed by atoms with E-state index in [-0.39, 0.29) is 18.4 Å². The van der Waals surface area contributed by atoms with Crippen molar-refractivity contribution in [2.45, 2.75) is 20.4 Å². The molecule has 2 rings (SSSR count). The molecular weight excluding hydrogens is 296 g/mol. The van der Waals surface area contributed by atoms with Gasteiger partial charge in [0, 0.05) is 6.54 Å². The molecule has 0 aliphatic rings. The van der Waals surface area contributed by atoms with Gasteiger partial charge in [0.1, 0.15) is 4.88 Å². The maximum atomic E-state index is 11.7. The molecule has 108 valence electrons. The first-order valence-corrected chi connectivity index (χ1v) is 6.94. The highest BCUT2D eigenvalue weighted by Gasteiger charge is 2.15. The third-order valence-corrected chi connectivity index (χ3v) is 3.64. The van der Waals surface area contributed by atoms with Gasteiger partial charge in [0.2, 0.25) is 0 Å². The average Bonchev–Trinajstić information content (AvgIpc) is 2.79. The lowest BCUT2D eigenvalue weighted by atomic mass is 10.2. The first-order valence-electron chi connectivity index (χ1n) is 6.13. The molecule has 20 heavy (non-hydrogen) atoms. The number of carbonyl (C=O) groups is 1. The van der Waals surface area contributed by atoms with E-state index < -0.39 is 0 Å². The fraction of sp³-hybridized carbons (Fsp3) is 0.286. The van der Waals surface area contributed by atoms with Gasteiger partial charge in [0.05, 0.1) is 12.3 Å². The summed E-state index contributed by atoms with van der Waals surface area (Å²) < 4.78 is 4.99. The van der Waals surface area contributed by atoms with Crippen LogP contribution in [0.15, 0.2) is 30.3 Å². The van der Waals surface area contributed by atoms with E-state index in [1.807, 2.05) is 37.3 Å². The number of hydrogen-bond donors (Lipinski definition) is 1. The van der Waals surface area contributed by atoms with Crippen molar-refractivity contribution < 1.29 is 9.53 Å². The Kier molecular flexibility index (Phi) is 6.48. The van der Waals surface area contributed by atoms with Gasteiger partial charge < -0.3 is 10.1 Å². The molecule has 0 atom stereocenters. The zero-order chi connectivity index (χ0) is 13.7.